The van der Waals surface area contributed by atoms with E-state index >= 15 is 0 Å². The second-order valence-electron chi connectivity index (χ2n) is 2.78. The zero-order valence-electron chi connectivity index (χ0n) is 8.15. The number of carbonyl (C=O) groups is 1. The predicted molar refractivity (Wildman–Crippen MR) is 54.8 cm³/mol. The van der Waals surface area contributed by atoms with Crippen LogP contribution in [0.2, 0.25) is 0 Å². The van der Waals surface area contributed by atoms with Crippen LogP contribution in [-0.4, -0.2) is 18.5 Å². The number of allylic oxidation sites excluding steroid dienone is 1. The Morgan fingerprint density at radius 1 is 1.43 bits per heavy atom. The van der Waals surface area contributed by atoms with E-state index in [0.29, 0.717) is 16.9 Å². The average molecular weight is 192 g/mol. The first kappa shape index (κ1) is 10.3. The standard InChI is InChI=1S/C11H12O3/c1-3-4-9-5-8(7-12)6-10(14-2)11(9)13/h3-7,13H,1-2H3. The summed E-state index contributed by atoms with van der Waals surface area (Å²) in [6, 6.07) is 3.10. The zero-order chi connectivity index (χ0) is 10.6. The molecule has 0 amide bonds. The minimum absolute atomic E-state index is 0.0520. The topological polar surface area (TPSA) is 46.5 Å². The fourth-order valence-corrected chi connectivity index (χ4v) is 1.18. The fraction of sp³-hybridized carbons (Fsp3) is 0.182. The van der Waals surface area contributed by atoms with Gasteiger partial charge < -0.3 is 9.84 Å². The van der Waals surface area contributed by atoms with Gasteiger partial charge in [0.15, 0.2) is 11.5 Å². The van der Waals surface area contributed by atoms with Crippen molar-refractivity contribution in [3.63, 3.8) is 0 Å². The van der Waals surface area contributed by atoms with Crippen molar-refractivity contribution in [3.8, 4) is 11.5 Å². The van der Waals surface area contributed by atoms with Gasteiger partial charge in [-0.15, -0.1) is 0 Å². The summed E-state index contributed by atoms with van der Waals surface area (Å²) in [6.45, 7) is 1.83. The molecule has 0 saturated carbocycles. The summed E-state index contributed by atoms with van der Waals surface area (Å²) < 4.78 is 4.93. The normalized spacial score (nSPS) is 10.4. The van der Waals surface area contributed by atoms with Crippen LogP contribution in [0.25, 0.3) is 6.08 Å². The number of phenols is 1. The van der Waals surface area contributed by atoms with Gasteiger partial charge in [0.25, 0.3) is 0 Å². The number of aldehydes is 1. The van der Waals surface area contributed by atoms with Gasteiger partial charge in [-0.3, -0.25) is 4.79 Å². The molecular formula is C11H12O3. The maximum absolute atomic E-state index is 10.6. The Labute approximate surface area is 82.6 Å². The smallest absolute Gasteiger partial charge is 0.165 e. The number of ether oxygens (including phenoxy) is 1. The molecule has 0 radical (unpaired) electrons. The molecular weight excluding hydrogens is 180 g/mol. The van der Waals surface area contributed by atoms with Gasteiger partial charge in [0.2, 0.25) is 0 Å². The summed E-state index contributed by atoms with van der Waals surface area (Å²) in [4.78, 5) is 10.6. The number of hydrogen-bond donors (Lipinski definition) is 1. The van der Waals surface area contributed by atoms with Crippen molar-refractivity contribution >= 4 is 12.4 Å². The van der Waals surface area contributed by atoms with E-state index < -0.39 is 0 Å². The second-order valence-corrected chi connectivity index (χ2v) is 2.78. The van der Waals surface area contributed by atoms with E-state index in [4.69, 9.17) is 4.74 Å². The Morgan fingerprint density at radius 2 is 2.14 bits per heavy atom. The van der Waals surface area contributed by atoms with Gasteiger partial charge >= 0.3 is 0 Å². The molecule has 0 heterocycles. The Balaban J connectivity index is 3.33. The number of carbonyl (C=O) groups excluding carboxylic acids is 1. The first-order valence-corrected chi connectivity index (χ1v) is 4.21. The maximum Gasteiger partial charge on any atom is 0.165 e. The molecule has 0 unspecified atom stereocenters. The third-order valence-corrected chi connectivity index (χ3v) is 1.83. The summed E-state index contributed by atoms with van der Waals surface area (Å²) >= 11 is 0. The lowest BCUT2D eigenvalue weighted by Crippen LogP contribution is -1.89. The monoisotopic (exact) mass is 192 g/mol. The van der Waals surface area contributed by atoms with E-state index in [-0.39, 0.29) is 5.75 Å². The molecule has 0 spiro atoms. The lowest BCUT2D eigenvalue weighted by atomic mass is 10.1. The third-order valence-electron chi connectivity index (χ3n) is 1.83. The van der Waals surface area contributed by atoms with Crippen LogP contribution in [0.5, 0.6) is 11.5 Å². The SMILES string of the molecule is CC=Cc1cc(C=O)cc(OC)c1O. The van der Waals surface area contributed by atoms with Crippen molar-refractivity contribution in [3.05, 3.63) is 29.3 Å². The van der Waals surface area contributed by atoms with E-state index in [2.05, 4.69) is 0 Å². The summed E-state index contributed by atoms with van der Waals surface area (Å²) in [5.41, 5.74) is 1.06. The minimum atomic E-state index is 0.0520. The summed E-state index contributed by atoms with van der Waals surface area (Å²) in [6.07, 6.45) is 4.21. The molecule has 0 aliphatic rings. The minimum Gasteiger partial charge on any atom is -0.504 e. The van der Waals surface area contributed by atoms with Gasteiger partial charge in [0, 0.05) is 11.1 Å². The summed E-state index contributed by atoms with van der Waals surface area (Å²) in [7, 11) is 1.45. The van der Waals surface area contributed by atoms with Gasteiger partial charge in [0.1, 0.15) is 6.29 Å². The van der Waals surface area contributed by atoms with Crippen molar-refractivity contribution in [2.24, 2.45) is 0 Å². The molecule has 0 fully saturated rings. The average Bonchev–Trinajstić information content (AvgIpc) is 2.21. The highest BCUT2D eigenvalue weighted by Crippen LogP contribution is 2.31. The molecule has 0 aromatic heterocycles. The molecule has 1 aromatic carbocycles. The molecule has 74 valence electrons. The van der Waals surface area contributed by atoms with E-state index in [1.807, 2.05) is 6.92 Å². The molecule has 0 bridgehead atoms. The molecule has 3 nitrogen and oxygen atoms in total. The Hall–Kier alpha value is -1.77. The van der Waals surface area contributed by atoms with Crippen LogP contribution in [0.1, 0.15) is 22.8 Å². The second kappa shape index (κ2) is 4.46. The van der Waals surface area contributed by atoms with Crippen LogP contribution in [0.15, 0.2) is 18.2 Å². The van der Waals surface area contributed by atoms with Crippen LogP contribution in [0.3, 0.4) is 0 Å². The highest BCUT2D eigenvalue weighted by molar-refractivity contribution is 5.79. The lowest BCUT2D eigenvalue weighted by Gasteiger charge is -2.06. The van der Waals surface area contributed by atoms with E-state index in [1.54, 1.807) is 18.2 Å². The largest absolute Gasteiger partial charge is 0.504 e. The molecule has 0 aliphatic heterocycles. The lowest BCUT2D eigenvalue weighted by molar-refractivity contribution is 0.112. The molecule has 0 saturated heterocycles. The number of benzene rings is 1. The predicted octanol–water partition coefficient (Wildman–Crippen LogP) is 2.25. The van der Waals surface area contributed by atoms with Gasteiger partial charge in [0.05, 0.1) is 7.11 Å². The molecule has 1 N–H and O–H groups in total. The molecule has 1 aromatic rings. The molecule has 14 heavy (non-hydrogen) atoms. The van der Waals surface area contributed by atoms with Crippen molar-refractivity contribution in [2.75, 3.05) is 7.11 Å². The van der Waals surface area contributed by atoms with Gasteiger partial charge in [-0.25, -0.2) is 0 Å². The number of aromatic hydroxyl groups is 1. The number of phenolic OH excluding ortho intramolecular Hbond substituents is 1. The van der Waals surface area contributed by atoms with Crippen molar-refractivity contribution in [1.82, 2.24) is 0 Å². The number of methoxy groups -OCH3 is 1. The Morgan fingerprint density at radius 3 is 2.64 bits per heavy atom. The molecule has 0 aliphatic carbocycles. The summed E-state index contributed by atoms with van der Waals surface area (Å²) in [5.74, 6) is 0.360. The van der Waals surface area contributed by atoms with Crippen LogP contribution in [0.4, 0.5) is 0 Å². The van der Waals surface area contributed by atoms with E-state index in [9.17, 15) is 9.90 Å². The van der Waals surface area contributed by atoms with Crippen molar-refractivity contribution in [2.45, 2.75) is 6.92 Å². The van der Waals surface area contributed by atoms with Gasteiger partial charge in [-0.1, -0.05) is 12.2 Å². The molecule has 3 heteroatoms. The van der Waals surface area contributed by atoms with Crippen LogP contribution in [-0.2, 0) is 0 Å². The van der Waals surface area contributed by atoms with Gasteiger partial charge in [-0.2, -0.15) is 0 Å². The van der Waals surface area contributed by atoms with Gasteiger partial charge in [-0.05, 0) is 19.1 Å². The number of rotatable bonds is 3. The first-order chi connectivity index (χ1) is 6.72. The molecule has 1 rings (SSSR count). The van der Waals surface area contributed by atoms with Crippen LogP contribution < -0.4 is 4.74 Å². The van der Waals surface area contributed by atoms with Crippen molar-refractivity contribution in [1.29, 1.82) is 0 Å². The first-order valence-electron chi connectivity index (χ1n) is 4.21. The Kier molecular flexibility index (Phi) is 3.29. The highest BCUT2D eigenvalue weighted by atomic mass is 16.5. The van der Waals surface area contributed by atoms with Crippen LogP contribution in [0, 0.1) is 0 Å². The van der Waals surface area contributed by atoms with Crippen molar-refractivity contribution < 1.29 is 14.6 Å². The summed E-state index contributed by atoms with van der Waals surface area (Å²) in [5, 5.41) is 9.65. The molecule has 0 atom stereocenters. The van der Waals surface area contributed by atoms with Crippen LogP contribution >= 0.6 is 0 Å². The maximum atomic E-state index is 10.6. The zero-order valence-corrected chi connectivity index (χ0v) is 8.15. The Bertz CT molecular complexity index is 367. The fourth-order valence-electron chi connectivity index (χ4n) is 1.18. The third kappa shape index (κ3) is 1.93. The van der Waals surface area contributed by atoms with E-state index in [1.165, 1.54) is 13.2 Å². The quantitative estimate of drug-likeness (QED) is 0.747. The number of hydrogen-bond acceptors (Lipinski definition) is 3. The highest BCUT2D eigenvalue weighted by Gasteiger charge is 2.07. The van der Waals surface area contributed by atoms with E-state index in [0.717, 1.165) is 6.29 Å².